The van der Waals surface area contributed by atoms with E-state index in [0.717, 1.165) is 55.5 Å². The quantitative estimate of drug-likeness (QED) is 0.825. The molecular weight excluding hydrogens is 333 g/mol. The van der Waals surface area contributed by atoms with Crippen molar-refractivity contribution in [2.75, 3.05) is 45.3 Å². The van der Waals surface area contributed by atoms with Crippen LogP contribution in [0.15, 0.2) is 36.4 Å². The predicted molar refractivity (Wildman–Crippen MR) is 98.2 cm³/mol. The van der Waals surface area contributed by atoms with Gasteiger partial charge in [0.05, 0.1) is 25.5 Å². The number of nitriles is 1. The Morgan fingerprint density at radius 2 is 1.81 bits per heavy atom. The highest BCUT2D eigenvalue weighted by molar-refractivity contribution is 5.59. The molecule has 2 aromatic carbocycles. The molecule has 1 saturated heterocycles. The normalized spacial score (nSPS) is 14.8. The molecule has 0 aromatic heterocycles. The van der Waals surface area contributed by atoms with Gasteiger partial charge in [-0.25, -0.2) is 4.39 Å². The van der Waals surface area contributed by atoms with Gasteiger partial charge in [0.1, 0.15) is 23.4 Å². The zero-order valence-electron chi connectivity index (χ0n) is 15.0. The lowest BCUT2D eigenvalue weighted by Crippen LogP contribution is -2.46. The van der Waals surface area contributed by atoms with E-state index in [9.17, 15) is 9.65 Å². The van der Waals surface area contributed by atoms with Gasteiger partial charge < -0.3 is 14.4 Å². The summed E-state index contributed by atoms with van der Waals surface area (Å²) in [6.45, 7) is 4.03. The summed E-state index contributed by atoms with van der Waals surface area (Å²) in [5.74, 6) is 1.27. The SMILES string of the molecule is COc1ccc(OC)c(CN2CCN(c3ccc(F)cc3C#N)CC2)c1. The molecule has 0 atom stereocenters. The Kier molecular flexibility index (Phi) is 5.59. The van der Waals surface area contributed by atoms with Crippen molar-refractivity contribution in [2.45, 2.75) is 6.54 Å². The number of hydrogen-bond acceptors (Lipinski definition) is 5. The van der Waals surface area contributed by atoms with Crippen molar-refractivity contribution in [3.63, 3.8) is 0 Å². The molecule has 0 amide bonds. The number of methoxy groups -OCH3 is 2. The Morgan fingerprint density at radius 3 is 2.46 bits per heavy atom. The van der Waals surface area contributed by atoms with Crippen LogP contribution < -0.4 is 14.4 Å². The highest BCUT2D eigenvalue weighted by Gasteiger charge is 2.20. The van der Waals surface area contributed by atoms with Crippen molar-refractivity contribution >= 4 is 5.69 Å². The van der Waals surface area contributed by atoms with E-state index in [1.54, 1.807) is 20.3 Å². The Morgan fingerprint density at radius 1 is 1.04 bits per heavy atom. The second-order valence-corrected chi connectivity index (χ2v) is 6.21. The van der Waals surface area contributed by atoms with Crippen LogP contribution in [0.1, 0.15) is 11.1 Å². The Labute approximate surface area is 153 Å². The first kappa shape index (κ1) is 18.0. The largest absolute Gasteiger partial charge is 0.497 e. The van der Waals surface area contributed by atoms with E-state index in [0.29, 0.717) is 5.56 Å². The molecule has 0 radical (unpaired) electrons. The molecule has 1 heterocycles. The monoisotopic (exact) mass is 355 g/mol. The molecule has 1 aliphatic rings. The maximum absolute atomic E-state index is 13.3. The van der Waals surface area contributed by atoms with Gasteiger partial charge in [0.2, 0.25) is 0 Å². The Balaban J connectivity index is 1.67. The lowest BCUT2D eigenvalue weighted by Gasteiger charge is -2.36. The lowest BCUT2D eigenvalue weighted by molar-refractivity contribution is 0.245. The molecule has 0 bridgehead atoms. The number of ether oxygens (including phenoxy) is 2. The van der Waals surface area contributed by atoms with Crippen LogP contribution in [0.2, 0.25) is 0 Å². The van der Waals surface area contributed by atoms with Gasteiger partial charge in [-0.15, -0.1) is 0 Å². The van der Waals surface area contributed by atoms with Crippen LogP contribution in [-0.4, -0.2) is 45.3 Å². The highest BCUT2D eigenvalue weighted by atomic mass is 19.1. The van der Waals surface area contributed by atoms with Crippen LogP contribution in [0.3, 0.4) is 0 Å². The van der Waals surface area contributed by atoms with Gasteiger partial charge in [-0.2, -0.15) is 5.26 Å². The number of rotatable bonds is 5. The van der Waals surface area contributed by atoms with E-state index in [1.165, 1.54) is 12.1 Å². The first-order valence-corrected chi connectivity index (χ1v) is 8.52. The average Bonchev–Trinajstić information content (AvgIpc) is 2.68. The van der Waals surface area contributed by atoms with Crippen molar-refractivity contribution in [3.05, 3.63) is 53.3 Å². The number of halogens is 1. The minimum atomic E-state index is -0.381. The summed E-state index contributed by atoms with van der Waals surface area (Å²) >= 11 is 0. The maximum atomic E-state index is 13.3. The molecule has 3 rings (SSSR count). The fourth-order valence-electron chi connectivity index (χ4n) is 3.27. The van der Waals surface area contributed by atoms with Crippen LogP contribution in [0.5, 0.6) is 11.5 Å². The van der Waals surface area contributed by atoms with Crippen LogP contribution in [0.4, 0.5) is 10.1 Å². The van der Waals surface area contributed by atoms with E-state index >= 15 is 0 Å². The van der Waals surface area contributed by atoms with Crippen molar-refractivity contribution < 1.29 is 13.9 Å². The van der Waals surface area contributed by atoms with E-state index in [2.05, 4.69) is 15.9 Å². The summed E-state index contributed by atoms with van der Waals surface area (Å²) in [7, 11) is 3.32. The van der Waals surface area contributed by atoms with Crippen molar-refractivity contribution in [1.29, 1.82) is 5.26 Å². The maximum Gasteiger partial charge on any atom is 0.124 e. The van der Waals surface area contributed by atoms with Gasteiger partial charge in [-0.1, -0.05) is 0 Å². The first-order chi connectivity index (χ1) is 12.6. The minimum absolute atomic E-state index is 0.381. The smallest absolute Gasteiger partial charge is 0.124 e. The zero-order valence-corrected chi connectivity index (χ0v) is 15.0. The van der Waals surface area contributed by atoms with Gasteiger partial charge in [-0.3, -0.25) is 4.90 Å². The average molecular weight is 355 g/mol. The molecule has 6 heteroatoms. The third-order valence-electron chi connectivity index (χ3n) is 4.67. The van der Waals surface area contributed by atoms with Gasteiger partial charge >= 0.3 is 0 Å². The van der Waals surface area contributed by atoms with Crippen molar-refractivity contribution in [3.8, 4) is 17.6 Å². The number of anilines is 1. The third kappa shape index (κ3) is 3.89. The molecular formula is C20H22FN3O2. The Hall–Kier alpha value is -2.78. The van der Waals surface area contributed by atoms with Crippen LogP contribution >= 0.6 is 0 Å². The van der Waals surface area contributed by atoms with Gasteiger partial charge in [0, 0.05) is 38.3 Å². The number of benzene rings is 2. The van der Waals surface area contributed by atoms with Crippen molar-refractivity contribution in [1.82, 2.24) is 4.90 Å². The summed E-state index contributed by atoms with van der Waals surface area (Å²) in [6, 6.07) is 12.3. The number of piperazine rings is 1. The fraction of sp³-hybridized carbons (Fsp3) is 0.350. The molecule has 0 N–H and O–H groups in total. The summed E-state index contributed by atoms with van der Waals surface area (Å²) in [5.41, 5.74) is 2.26. The molecule has 136 valence electrons. The number of hydrogen-bond donors (Lipinski definition) is 0. The summed E-state index contributed by atoms with van der Waals surface area (Å²) in [5, 5.41) is 9.25. The summed E-state index contributed by atoms with van der Waals surface area (Å²) in [4.78, 5) is 4.47. The second-order valence-electron chi connectivity index (χ2n) is 6.21. The third-order valence-corrected chi connectivity index (χ3v) is 4.67. The molecule has 1 aliphatic heterocycles. The van der Waals surface area contributed by atoms with E-state index in [4.69, 9.17) is 9.47 Å². The van der Waals surface area contributed by atoms with E-state index < -0.39 is 0 Å². The highest BCUT2D eigenvalue weighted by Crippen LogP contribution is 2.27. The van der Waals surface area contributed by atoms with Crippen molar-refractivity contribution in [2.24, 2.45) is 0 Å². The minimum Gasteiger partial charge on any atom is -0.497 e. The first-order valence-electron chi connectivity index (χ1n) is 8.52. The second kappa shape index (κ2) is 8.07. The molecule has 0 aliphatic carbocycles. The summed E-state index contributed by atoms with van der Waals surface area (Å²) < 4.78 is 24.1. The molecule has 0 saturated carbocycles. The number of nitrogens with zero attached hydrogens (tertiary/aromatic N) is 3. The molecule has 2 aromatic rings. The fourth-order valence-corrected chi connectivity index (χ4v) is 3.27. The topological polar surface area (TPSA) is 48.7 Å². The van der Waals surface area contributed by atoms with Gasteiger partial charge in [0.15, 0.2) is 0 Å². The Bertz CT molecular complexity index is 811. The molecule has 1 fully saturated rings. The van der Waals surface area contributed by atoms with E-state index in [1.807, 2.05) is 18.2 Å². The standard InChI is InChI=1S/C20H22FN3O2/c1-25-18-4-6-20(26-2)16(12-18)14-23-7-9-24(10-8-23)19-5-3-17(21)11-15(19)13-22/h3-6,11-12H,7-10,14H2,1-2H3. The van der Waals surface area contributed by atoms with Crippen LogP contribution in [0, 0.1) is 17.1 Å². The predicted octanol–water partition coefficient (Wildman–Crippen LogP) is 3.04. The molecule has 0 unspecified atom stereocenters. The van der Waals surface area contributed by atoms with Gasteiger partial charge in [-0.05, 0) is 36.4 Å². The van der Waals surface area contributed by atoms with E-state index in [-0.39, 0.29) is 5.82 Å². The zero-order chi connectivity index (χ0) is 18.5. The van der Waals surface area contributed by atoms with Gasteiger partial charge in [0.25, 0.3) is 0 Å². The molecule has 26 heavy (non-hydrogen) atoms. The molecule has 5 nitrogen and oxygen atoms in total. The lowest BCUT2D eigenvalue weighted by atomic mass is 10.1. The molecule has 0 spiro atoms. The van der Waals surface area contributed by atoms with Crippen LogP contribution in [-0.2, 0) is 6.54 Å². The van der Waals surface area contributed by atoms with Crippen LogP contribution in [0.25, 0.3) is 0 Å². The summed E-state index contributed by atoms with van der Waals surface area (Å²) in [6.07, 6.45) is 0.